The second-order valence-corrected chi connectivity index (χ2v) is 11.1. The van der Waals surface area contributed by atoms with E-state index >= 15 is 0 Å². The lowest BCUT2D eigenvalue weighted by Crippen LogP contribution is -2.71. The van der Waals surface area contributed by atoms with Crippen LogP contribution < -0.4 is 15.8 Å². The average molecular weight is 550 g/mol. The van der Waals surface area contributed by atoms with Crippen molar-refractivity contribution in [1.82, 2.24) is 15.1 Å². The van der Waals surface area contributed by atoms with Gasteiger partial charge in [0.2, 0.25) is 11.7 Å². The number of piperazine rings is 1. The summed E-state index contributed by atoms with van der Waals surface area (Å²) in [5, 5.41) is 24.8. The standard InChI is InChI=1S/C29H35N5O6/c1-12-7-15-8-17-19(10-30)34-18(23(33(17)4)21(15)25(36)27(12)39-5)9-16-22(20(34)11-32-29(38)14(3)31)26(37)28(40-6)13(2)24(16)35/h7,14,17-20,23,36H,8-9,11,31H2,1-6H3,(H,32,38)/t14?,17?,18?,19-,20?,23?/m0/s1. The van der Waals surface area contributed by atoms with Crippen molar-refractivity contribution in [1.29, 1.82) is 5.26 Å². The zero-order chi connectivity index (χ0) is 29.2. The summed E-state index contributed by atoms with van der Waals surface area (Å²) in [6.45, 7) is 4.97. The molecule has 212 valence electrons. The average Bonchev–Trinajstić information content (AvgIpc) is 2.91. The molecule has 6 atom stereocenters. The lowest BCUT2D eigenvalue weighted by atomic mass is 9.69. The fraction of sp³-hybridized carbons (Fsp3) is 0.517. The van der Waals surface area contributed by atoms with Crippen molar-refractivity contribution in [3.05, 3.63) is 45.2 Å². The van der Waals surface area contributed by atoms with Crippen LogP contribution in [0.3, 0.4) is 0 Å². The second-order valence-electron chi connectivity index (χ2n) is 11.1. The van der Waals surface area contributed by atoms with Gasteiger partial charge in [0.15, 0.2) is 23.0 Å². The molecule has 5 rings (SSSR count). The molecule has 1 aliphatic carbocycles. The smallest absolute Gasteiger partial charge is 0.236 e. The summed E-state index contributed by atoms with van der Waals surface area (Å²) in [5.41, 5.74) is 9.01. The van der Waals surface area contributed by atoms with Crippen LogP contribution in [0.2, 0.25) is 0 Å². The van der Waals surface area contributed by atoms with E-state index in [-0.39, 0.29) is 47.4 Å². The molecule has 3 heterocycles. The molecule has 11 heteroatoms. The molecule has 0 aromatic heterocycles. The molecule has 1 amide bonds. The summed E-state index contributed by atoms with van der Waals surface area (Å²) < 4.78 is 10.9. The largest absolute Gasteiger partial charge is 0.504 e. The van der Waals surface area contributed by atoms with Crippen LogP contribution in [0.5, 0.6) is 11.5 Å². The molecule has 11 nitrogen and oxygen atoms in total. The number of nitrogens with one attached hydrogen (secondary N) is 1. The number of phenolic OH excluding ortho intramolecular Hbond substituents is 1. The number of rotatable bonds is 5. The predicted molar refractivity (Wildman–Crippen MR) is 144 cm³/mol. The first-order valence-electron chi connectivity index (χ1n) is 13.4. The number of benzene rings is 1. The maximum atomic E-state index is 13.8. The highest BCUT2D eigenvalue weighted by Gasteiger charge is 2.57. The molecule has 40 heavy (non-hydrogen) atoms. The number of nitriles is 1. The highest BCUT2D eigenvalue weighted by Crippen LogP contribution is 2.53. The van der Waals surface area contributed by atoms with E-state index in [1.54, 1.807) is 13.8 Å². The number of carbonyl (C=O) groups is 3. The SMILES string of the molecule is COC1=C(C)C(=O)C2=C(C1=O)C(CNC(=O)C(C)N)N1C(C2)C2c3c(cc(C)c(OC)c3O)CC([C@@H]1C#N)N2C. The van der Waals surface area contributed by atoms with Crippen molar-refractivity contribution in [2.24, 2.45) is 5.73 Å². The first kappa shape index (κ1) is 27.8. The van der Waals surface area contributed by atoms with Crippen LogP contribution in [0.15, 0.2) is 28.5 Å². The minimum atomic E-state index is -0.787. The number of hydrogen-bond donors (Lipinski definition) is 3. The third-order valence-electron chi connectivity index (χ3n) is 8.95. The Labute approximate surface area is 233 Å². The van der Waals surface area contributed by atoms with E-state index in [0.717, 1.165) is 11.1 Å². The molecule has 1 aromatic rings. The number of amides is 1. The number of nitrogens with two attached hydrogens (primary N) is 1. The number of ether oxygens (including phenoxy) is 2. The molecular formula is C29H35N5O6. The van der Waals surface area contributed by atoms with Crippen molar-refractivity contribution in [3.63, 3.8) is 0 Å². The number of likely N-dealkylation sites (N-methyl/N-ethyl adjacent to an activating group) is 1. The molecule has 0 spiro atoms. The van der Waals surface area contributed by atoms with Gasteiger partial charge in [-0.05, 0) is 51.8 Å². The van der Waals surface area contributed by atoms with E-state index in [1.807, 2.05) is 24.9 Å². The number of methoxy groups -OCH3 is 2. The molecule has 1 fully saturated rings. The monoisotopic (exact) mass is 549 g/mol. The van der Waals surface area contributed by atoms with E-state index in [1.165, 1.54) is 14.2 Å². The highest BCUT2D eigenvalue weighted by atomic mass is 16.5. The maximum Gasteiger partial charge on any atom is 0.236 e. The Morgan fingerprint density at radius 2 is 1.93 bits per heavy atom. The van der Waals surface area contributed by atoms with Crippen molar-refractivity contribution in [2.75, 3.05) is 27.8 Å². The maximum absolute atomic E-state index is 13.8. The third kappa shape index (κ3) is 3.85. The van der Waals surface area contributed by atoms with E-state index in [2.05, 4.69) is 16.3 Å². The van der Waals surface area contributed by atoms with E-state index < -0.39 is 41.9 Å². The van der Waals surface area contributed by atoms with Crippen molar-refractivity contribution < 1.29 is 29.0 Å². The van der Waals surface area contributed by atoms with Crippen LogP contribution in [0.1, 0.15) is 43.0 Å². The van der Waals surface area contributed by atoms with Crippen LogP contribution in [-0.2, 0) is 25.5 Å². The number of hydrogen-bond acceptors (Lipinski definition) is 10. The van der Waals surface area contributed by atoms with E-state index in [9.17, 15) is 24.8 Å². The summed E-state index contributed by atoms with van der Waals surface area (Å²) in [4.78, 5) is 44.1. The molecular weight excluding hydrogens is 514 g/mol. The first-order valence-corrected chi connectivity index (χ1v) is 13.4. The van der Waals surface area contributed by atoms with Gasteiger partial charge in [-0.15, -0.1) is 0 Å². The Kier molecular flexibility index (Phi) is 6.98. The number of fused-ring (bicyclic) bond motifs is 6. The minimum absolute atomic E-state index is 0.0256. The van der Waals surface area contributed by atoms with Gasteiger partial charge >= 0.3 is 0 Å². The van der Waals surface area contributed by atoms with Gasteiger partial charge in [0.05, 0.1) is 38.4 Å². The van der Waals surface area contributed by atoms with Gasteiger partial charge in [-0.1, -0.05) is 6.07 Å². The molecule has 3 aliphatic heterocycles. The van der Waals surface area contributed by atoms with Gasteiger partial charge in [-0.3, -0.25) is 24.2 Å². The van der Waals surface area contributed by atoms with Crippen LogP contribution in [0.4, 0.5) is 0 Å². The zero-order valence-electron chi connectivity index (χ0n) is 23.6. The number of aromatic hydroxyl groups is 1. The Balaban J connectivity index is 1.72. The third-order valence-corrected chi connectivity index (χ3v) is 8.95. The molecule has 5 unspecified atom stereocenters. The van der Waals surface area contributed by atoms with Crippen LogP contribution >= 0.6 is 0 Å². The molecule has 0 saturated carbocycles. The van der Waals surface area contributed by atoms with Gasteiger partial charge in [-0.25, -0.2) is 0 Å². The lowest BCUT2D eigenvalue weighted by molar-refractivity contribution is -0.125. The second kappa shape index (κ2) is 10.0. The van der Waals surface area contributed by atoms with Crippen LogP contribution in [-0.4, -0.2) is 90.4 Å². The normalized spacial score (nSPS) is 28.8. The predicted octanol–water partition coefficient (Wildman–Crippen LogP) is 0.788. The fourth-order valence-electron chi connectivity index (χ4n) is 7.17. The fourth-order valence-corrected chi connectivity index (χ4v) is 7.17. The molecule has 0 radical (unpaired) electrons. The minimum Gasteiger partial charge on any atom is -0.504 e. The van der Waals surface area contributed by atoms with Gasteiger partial charge in [0.1, 0.15) is 6.04 Å². The topological polar surface area (TPSA) is 158 Å². The Morgan fingerprint density at radius 1 is 1.23 bits per heavy atom. The molecule has 4 N–H and O–H groups in total. The van der Waals surface area contributed by atoms with Crippen LogP contribution in [0, 0.1) is 18.3 Å². The van der Waals surface area contributed by atoms with Gasteiger partial charge < -0.3 is 25.6 Å². The Morgan fingerprint density at radius 3 is 2.52 bits per heavy atom. The number of ketones is 2. The number of aryl methyl sites for hydroxylation is 1. The van der Waals surface area contributed by atoms with Crippen molar-refractivity contribution >= 4 is 17.5 Å². The van der Waals surface area contributed by atoms with Gasteiger partial charge in [0, 0.05) is 40.9 Å². The number of phenols is 1. The van der Waals surface area contributed by atoms with Crippen LogP contribution in [0.25, 0.3) is 0 Å². The van der Waals surface area contributed by atoms with E-state index in [0.29, 0.717) is 23.3 Å². The number of allylic oxidation sites excluding steroid dienone is 2. The van der Waals surface area contributed by atoms with Crippen molar-refractivity contribution in [2.45, 2.75) is 69.9 Å². The Bertz CT molecular complexity index is 1420. The molecule has 4 aliphatic rings. The zero-order valence-corrected chi connectivity index (χ0v) is 23.6. The summed E-state index contributed by atoms with van der Waals surface area (Å²) in [7, 11) is 4.78. The summed E-state index contributed by atoms with van der Waals surface area (Å²) in [5.74, 6) is -0.749. The first-order chi connectivity index (χ1) is 19.0. The van der Waals surface area contributed by atoms with Gasteiger partial charge in [0.25, 0.3) is 0 Å². The number of Topliss-reactive ketones (excluding diaryl/α,β-unsaturated/α-hetero) is 2. The molecule has 2 bridgehead atoms. The Hall–Kier alpha value is -3.72. The summed E-state index contributed by atoms with van der Waals surface area (Å²) in [6.07, 6.45) is 0.670. The quantitative estimate of drug-likeness (QED) is 0.448. The van der Waals surface area contributed by atoms with Crippen molar-refractivity contribution in [3.8, 4) is 17.6 Å². The molecule has 1 saturated heterocycles. The highest BCUT2D eigenvalue weighted by molar-refractivity contribution is 6.25. The van der Waals surface area contributed by atoms with Gasteiger partial charge in [-0.2, -0.15) is 5.26 Å². The lowest BCUT2D eigenvalue weighted by Gasteiger charge is -2.60. The van der Waals surface area contributed by atoms with E-state index in [4.69, 9.17) is 15.2 Å². The number of nitrogens with zero attached hydrogens (tertiary/aromatic N) is 3. The summed E-state index contributed by atoms with van der Waals surface area (Å²) >= 11 is 0. The number of carbonyl (C=O) groups excluding carboxylic acids is 3. The summed E-state index contributed by atoms with van der Waals surface area (Å²) in [6, 6.07) is 1.07. The molecule has 1 aromatic carbocycles.